The van der Waals surface area contributed by atoms with Crippen LogP contribution in [0.5, 0.6) is 5.75 Å². The number of rotatable bonds is 6. The Hall–Kier alpha value is -4.19. The van der Waals surface area contributed by atoms with Gasteiger partial charge in [0.15, 0.2) is 0 Å². The molecule has 0 bridgehead atoms. The van der Waals surface area contributed by atoms with Crippen molar-refractivity contribution in [2.45, 2.75) is 6.42 Å². The molecule has 32 heavy (non-hydrogen) atoms. The minimum Gasteiger partial charge on any atom is -0.423 e. The van der Waals surface area contributed by atoms with Crippen LogP contribution >= 0.6 is 0 Å². The number of para-hydroxylation sites is 1. The third-order valence-corrected chi connectivity index (χ3v) is 5.10. The van der Waals surface area contributed by atoms with Crippen molar-refractivity contribution in [1.82, 2.24) is 0 Å². The molecule has 0 aliphatic carbocycles. The Bertz CT molecular complexity index is 1140. The second kappa shape index (κ2) is 9.75. The van der Waals surface area contributed by atoms with Gasteiger partial charge in [0.05, 0.1) is 5.92 Å². The number of esters is 1. The molecule has 1 saturated heterocycles. The number of benzene rings is 3. The fourth-order valence-corrected chi connectivity index (χ4v) is 3.50. The Kier molecular flexibility index (Phi) is 6.41. The van der Waals surface area contributed by atoms with E-state index in [-0.39, 0.29) is 18.2 Å². The number of nitrogens with zero attached hydrogens (tertiary/aromatic N) is 1. The minimum atomic E-state index is -0.516. The van der Waals surface area contributed by atoms with E-state index >= 15 is 0 Å². The van der Waals surface area contributed by atoms with Gasteiger partial charge in [0.1, 0.15) is 5.75 Å². The predicted octanol–water partition coefficient (Wildman–Crippen LogP) is 4.30. The lowest BCUT2D eigenvalue weighted by molar-refractivity contribution is -0.129. The third-order valence-electron chi connectivity index (χ3n) is 5.10. The van der Waals surface area contributed by atoms with Crippen molar-refractivity contribution in [3.63, 3.8) is 0 Å². The van der Waals surface area contributed by atoms with Gasteiger partial charge in [-0.2, -0.15) is 0 Å². The molecule has 0 radical (unpaired) electrons. The van der Waals surface area contributed by atoms with E-state index in [0.29, 0.717) is 18.0 Å². The van der Waals surface area contributed by atoms with Gasteiger partial charge in [0.25, 0.3) is 0 Å². The maximum absolute atomic E-state index is 12.7. The summed E-state index contributed by atoms with van der Waals surface area (Å²) in [6.45, 7) is 0.327. The highest BCUT2D eigenvalue weighted by Crippen LogP contribution is 2.26. The maximum Gasteiger partial charge on any atom is 0.336 e. The largest absolute Gasteiger partial charge is 0.423 e. The zero-order valence-electron chi connectivity index (χ0n) is 17.3. The van der Waals surface area contributed by atoms with Crippen LogP contribution in [-0.4, -0.2) is 24.3 Å². The summed E-state index contributed by atoms with van der Waals surface area (Å²) in [5.41, 5.74) is 2.17. The monoisotopic (exact) mass is 426 g/mol. The van der Waals surface area contributed by atoms with E-state index in [1.165, 1.54) is 6.08 Å². The Morgan fingerprint density at radius 1 is 0.938 bits per heavy atom. The topological polar surface area (TPSA) is 75.7 Å². The molecule has 1 fully saturated rings. The SMILES string of the molecule is O=C(/C=C/c1ccccc1)Oc1cccc(NC(=O)[C@@H]2CC(=O)N(c3ccccc3)C2)c1. The summed E-state index contributed by atoms with van der Waals surface area (Å²) in [5.74, 6) is -0.979. The van der Waals surface area contributed by atoms with E-state index in [2.05, 4.69) is 5.32 Å². The van der Waals surface area contributed by atoms with E-state index in [1.807, 2.05) is 60.7 Å². The molecule has 1 heterocycles. The van der Waals surface area contributed by atoms with Crippen LogP contribution in [0.3, 0.4) is 0 Å². The van der Waals surface area contributed by atoms with Crippen molar-refractivity contribution < 1.29 is 19.1 Å². The fraction of sp³-hybridized carbons (Fsp3) is 0.115. The van der Waals surface area contributed by atoms with Crippen LogP contribution in [0.15, 0.2) is 91.0 Å². The van der Waals surface area contributed by atoms with Crippen LogP contribution in [0.2, 0.25) is 0 Å². The van der Waals surface area contributed by atoms with Crippen LogP contribution < -0.4 is 15.0 Å². The van der Waals surface area contributed by atoms with Gasteiger partial charge in [-0.05, 0) is 35.9 Å². The standard InChI is InChI=1S/C26H22N2O4/c29-24-16-20(18-28(24)22-11-5-2-6-12-22)26(31)27-21-10-7-13-23(17-21)32-25(30)15-14-19-8-3-1-4-9-19/h1-15,17,20H,16,18H2,(H,27,31)/b15-14+/t20-/m1/s1. The van der Waals surface area contributed by atoms with E-state index in [0.717, 1.165) is 11.3 Å². The molecular formula is C26H22N2O4. The molecule has 4 rings (SSSR count). The quantitative estimate of drug-likeness (QED) is 0.362. The molecular weight excluding hydrogens is 404 g/mol. The third kappa shape index (κ3) is 5.29. The van der Waals surface area contributed by atoms with Gasteiger partial charge in [-0.3, -0.25) is 9.59 Å². The second-order valence-electron chi connectivity index (χ2n) is 7.42. The van der Waals surface area contributed by atoms with Gasteiger partial charge in [0, 0.05) is 36.5 Å². The number of carbonyl (C=O) groups is 3. The maximum atomic E-state index is 12.7. The molecule has 1 N–H and O–H groups in total. The van der Waals surface area contributed by atoms with E-state index in [4.69, 9.17) is 4.74 Å². The first kappa shape index (κ1) is 21.1. The number of hydrogen-bond acceptors (Lipinski definition) is 4. The molecule has 0 spiro atoms. The van der Waals surface area contributed by atoms with E-state index in [9.17, 15) is 14.4 Å². The van der Waals surface area contributed by atoms with Crippen molar-refractivity contribution in [2.75, 3.05) is 16.8 Å². The Morgan fingerprint density at radius 2 is 1.66 bits per heavy atom. The van der Waals surface area contributed by atoms with Crippen molar-refractivity contribution in [3.05, 3.63) is 96.6 Å². The van der Waals surface area contributed by atoms with Crippen LogP contribution in [0.1, 0.15) is 12.0 Å². The minimum absolute atomic E-state index is 0.0794. The van der Waals surface area contributed by atoms with Gasteiger partial charge in [-0.25, -0.2) is 4.79 Å². The number of hydrogen-bond donors (Lipinski definition) is 1. The molecule has 3 aromatic rings. The average Bonchev–Trinajstić information content (AvgIpc) is 3.21. The van der Waals surface area contributed by atoms with Gasteiger partial charge >= 0.3 is 5.97 Å². The summed E-state index contributed by atoms with van der Waals surface area (Å²) in [4.78, 5) is 38.8. The molecule has 6 heteroatoms. The first-order valence-corrected chi connectivity index (χ1v) is 10.3. The van der Waals surface area contributed by atoms with Crippen LogP contribution in [0.4, 0.5) is 11.4 Å². The van der Waals surface area contributed by atoms with Crippen molar-refractivity contribution >= 4 is 35.2 Å². The lowest BCUT2D eigenvalue weighted by Gasteiger charge is -2.16. The Balaban J connectivity index is 1.35. The Morgan fingerprint density at radius 3 is 2.41 bits per heavy atom. The first-order valence-electron chi connectivity index (χ1n) is 10.3. The van der Waals surface area contributed by atoms with Gasteiger partial charge in [-0.1, -0.05) is 54.6 Å². The van der Waals surface area contributed by atoms with Gasteiger partial charge < -0.3 is 15.0 Å². The highest BCUT2D eigenvalue weighted by molar-refractivity contribution is 6.03. The van der Waals surface area contributed by atoms with Crippen molar-refractivity contribution in [1.29, 1.82) is 0 Å². The van der Waals surface area contributed by atoms with Crippen molar-refractivity contribution in [2.24, 2.45) is 5.92 Å². The lowest BCUT2D eigenvalue weighted by atomic mass is 10.1. The molecule has 2 amide bonds. The number of ether oxygens (including phenoxy) is 1. The number of nitrogens with one attached hydrogen (secondary N) is 1. The molecule has 0 aromatic heterocycles. The van der Waals surface area contributed by atoms with Gasteiger partial charge in [0.2, 0.25) is 11.8 Å². The number of carbonyl (C=O) groups excluding carboxylic acids is 3. The van der Waals surface area contributed by atoms with Gasteiger partial charge in [-0.15, -0.1) is 0 Å². The summed E-state index contributed by atoms with van der Waals surface area (Å²) >= 11 is 0. The summed E-state index contributed by atoms with van der Waals surface area (Å²) in [5, 5.41) is 2.82. The summed E-state index contributed by atoms with van der Waals surface area (Å²) < 4.78 is 5.34. The normalized spacial score (nSPS) is 15.7. The molecule has 3 aromatic carbocycles. The average molecular weight is 426 g/mol. The van der Waals surface area contributed by atoms with Crippen LogP contribution in [0.25, 0.3) is 6.08 Å². The first-order chi connectivity index (χ1) is 15.6. The fourth-order valence-electron chi connectivity index (χ4n) is 3.50. The molecule has 6 nitrogen and oxygen atoms in total. The summed E-state index contributed by atoms with van der Waals surface area (Å²) in [7, 11) is 0. The van der Waals surface area contributed by atoms with Crippen LogP contribution in [0, 0.1) is 5.92 Å². The molecule has 160 valence electrons. The molecule has 0 saturated carbocycles. The highest BCUT2D eigenvalue weighted by atomic mass is 16.5. The molecule has 0 unspecified atom stereocenters. The summed E-state index contributed by atoms with van der Waals surface area (Å²) in [6, 6.07) is 25.3. The highest BCUT2D eigenvalue weighted by Gasteiger charge is 2.35. The lowest BCUT2D eigenvalue weighted by Crippen LogP contribution is -2.28. The molecule has 1 atom stereocenters. The van der Waals surface area contributed by atoms with Crippen LogP contribution in [-0.2, 0) is 14.4 Å². The van der Waals surface area contributed by atoms with E-state index in [1.54, 1.807) is 35.2 Å². The zero-order chi connectivity index (χ0) is 22.3. The number of anilines is 2. The second-order valence-corrected chi connectivity index (χ2v) is 7.42. The number of amides is 2. The molecule has 1 aliphatic heterocycles. The Labute approximate surface area is 186 Å². The molecule has 1 aliphatic rings. The summed E-state index contributed by atoms with van der Waals surface area (Å²) in [6.07, 6.45) is 3.17. The zero-order valence-corrected chi connectivity index (χ0v) is 17.3. The smallest absolute Gasteiger partial charge is 0.336 e. The van der Waals surface area contributed by atoms with Crippen molar-refractivity contribution in [3.8, 4) is 5.75 Å². The predicted molar refractivity (Wildman–Crippen MR) is 123 cm³/mol. The van der Waals surface area contributed by atoms with E-state index < -0.39 is 11.9 Å².